The second-order valence-corrected chi connectivity index (χ2v) is 4.03. The van der Waals surface area contributed by atoms with Crippen LogP contribution in [0.2, 0.25) is 0 Å². The maximum Gasteiger partial charge on any atom is 0.224 e. The van der Waals surface area contributed by atoms with Gasteiger partial charge in [-0.1, -0.05) is 13.0 Å². The number of ketones is 1. The van der Waals surface area contributed by atoms with Crippen molar-refractivity contribution in [3.05, 3.63) is 35.4 Å². The van der Waals surface area contributed by atoms with Crippen LogP contribution >= 0.6 is 0 Å². The summed E-state index contributed by atoms with van der Waals surface area (Å²) in [5, 5.41) is 2.51. The molecule has 0 radical (unpaired) electrons. The quantitative estimate of drug-likeness (QED) is 0.874. The highest BCUT2D eigenvalue weighted by molar-refractivity contribution is 5.89. The lowest BCUT2D eigenvalue weighted by Gasteiger charge is -2.11. The Labute approximate surface area is 104 Å². The number of carbonyl (C=O) groups is 2. The van der Waals surface area contributed by atoms with Gasteiger partial charge in [-0.3, -0.25) is 9.59 Å². The van der Waals surface area contributed by atoms with Gasteiger partial charge in [-0.2, -0.15) is 0 Å². The maximum atomic E-state index is 12.9. The third-order valence-corrected chi connectivity index (χ3v) is 2.56. The fourth-order valence-corrected chi connectivity index (χ4v) is 1.51. The Balaban J connectivity index is 2.59. The van der Waals surface area contributed by atoms with E-state index < -0.39 is 23.6 Å². The van der Waals surface area contributed by atoms with Crippen molar-refractivity contribution in [2.75, 3.05) is 0 Å². The van der Waals surface area contributed by atoms with Gasteiger partial charge in [0.1, 0.15) is 0 Å². The van der Waals surface area contributed by atoms with Gasteiger partial charge in [0.2, 0.25) is 5.91 Å². The van der Waals surface area contributed by atoms with Crippen LogP contribution in [0.1, 0.15) is 25.8 Å². The third kappa shape index (κ3) is 3.91. The fraction of sp³-hybridized carbons (Fsp3) is 0.385. The smallest absolute Gasteiger partial charge is 0.224 e. The van der Waals surface area contributed by atoms with Crippen LogP contribution < -0.4 is 5.32 Å². The summed E-state index contributed by atoms with van der Waals surface area (Å²) in [5.74, 6) is -2.41. The van der Waals surface area contributed by atoms with Crippen molar-refractivity contribution in [1.82, 2.24) is 5.32 Å². The molecule has 1 unspecified atom stereocenters. The largest absolute Gasteiger partial charge is 0.346 e. The first-order valence-corrected chi connectivity index (χ1v) is 5.70. The molecule has 1 rings (SSSR count). The van der Waals surface area contributed by atoms with Crippen LogP contribution in [0.4, 0.5) is 8.78 Å². The van der Waals surface area contributed by atoms with Crippen LogP contribution in [-0.4, -0.2) is 17.7 Å². The molecular weight excluding hydrogens is 240 g/mol. The summed E-state index contributed by atoms with van der Waals surface area (Å²) >= 11 is 0. The molecule has 0 bridgehead atoms. The summed E-state index contributed by atoms with van der Waals surface area (Å²) in [7, 11) is 0. The molecule has 0 aromatic heterocycles. The molecule has 0 saturated carbocycles. The van der Waals surface area contributed by atoms with Gasteiger partial charge in [-0.25, -0.2) is 8.78 Å². The number of Topliss-reactive ketones (excluding diaryl/α,β-unsaturated/α-hetero) is 1. The van der Waals surface area contributed by atoms with Crippen molar-refractivity contribution in [3.8, 4) is 0 Å². The SMILES string of the molecule is CCC(=O)C(C)NC(=O)Cc1ccc(F)c(F)c1. The monoisotopic (exact) mass is 255 g/mol. The second-order valence-electron chi connectivity index (χ2n) is 4.03. The van der Waals surface area contributed by atoms with Crippen LogP contribution in [0.15, 0.2) is 18.2 Å². The second kappa shape index (κ2) is 6.23. The van der Waals surface area contributed by atoms with Gasteiger partial charge in [0.25, 0.3) is 0 Å². The lowest BCUT2D eigenvalue weighted by molar-refractivity contribution is -0.126. The number of hydrogen-bond acceptors (Lipinski definition) is 2. The standard InChI is InChI=1S/C13H15F2NO2/c1-3-12(17)8(2)16-13(18)7-9-4-5-10(14)11(15)6-9/h4-6,8H,3,7H2,1-2H3,(H,16,18). The normalized spacial score (nSPS) is 12.0. The minimum absolute atomic E-state index is 0.0753. The van der Waals surface area contributed by atoms with Gasteiger partial charge in [0, 0.05) is 6.42 Å². The molecular formula is C13H15F2NO2. The highest BCUT2D eigenvalue weighted by Crippen LogP contribution is 2.09. The van der Waals surface area contributed by atoms with E-state index in [1.54, 1.807) is 13.8 Å². The van der Waals surface area contributed by atoms with E-state index in [9.17, 15) is 18.4 Å². The predicted molar refractivity (Wildman–Crippen MR) is 63.0 cm³/mol. The van der Waals surface area contributed by atoms with Gasteiger partial charge < -0.3 is 5.32 Å². The molecule has 1 atom stereocenters. The summed E-state index contributed by atoms with van der Waals surface area (Å²) in [5.41, 5.74) is 0.363. The van der Waals surface area contributed by atoms with E-state index in [2.05, 4.69) is 5.32 Å². The summed E-state index contributed by atoms with van der Waals surface area (Å²) in [6, 6.07) is 2.72. The van der Waals surface area contributed by atoms with Crippen molar-refractivity contribution >= 4 is 11.7 Å². The third-order valence-electron chi connectivity index (χ3n) is 2.56. The first-order valence-electron chi connectivity index (χ1n) is 5.70. The highest BCUT2D eigenvalue weighted by atomic mass is 19.2. The number of nitrogens with one attached hydrogen (secondary N) is 1. The van der Waals surface area contributed by atoms with E-state index in [0.29, 0.717) is 12.0 Å². The van der Waals surface area contributed by atoms with Crippen molar-refractivity contribution in [3.63, 3.8) is 0 Å². The molecule has 3 nitrogen and oxygen atoms in total. The van der Waals surface area contributed by atoms with Crippen LogP contribution in [0.5, 0.6) is 0 Å². The Hall–Kier alpha value is -1.78. The van der Waals surface area contributed by atoms with E-state index in [1.165, 1.54) is 6.07 Å². The van der Waals surface area contributed by atoms with Crippen LogP contribution in [0, 0.1) is 11.6 Å². The molecule has 0 aliphatic heterocycles. The number of carbonyl (C=O) groups excluding carboxylic acids is 2. The number of benzene rings is 1. The molecule has 1 aromatic carbocycles. The van der Waals surface area contributed by atoms with Crippen LogP contribution in [0.3, 0.4) is 0 Å². The molecule has 0 heterocycles. The van der Waals surface area contributed by atoms with Gasteiger partial charge in [0.15, 0.2) is 17.4 Å². The Morgan fingerprint density at radius 3 is 2.50 bits per heavy atom. The average Bonchev–Trinajstić information content (AvgIpc) is 2.32. The van der Waals surface area contributed by atoms with Crippen LogP contribution in [0.25, 0.3) is 0 Å². The zero-order valence-corrected chi connectivity index (χ0v) is 10.3. The predicted octanol–water partition coefficient (Wildman–Crippen LogP) is 1.99. The van der Waals surface area contributed by atoms with Crippen molar-refractivity contribution < 1.29 is 18.4 Å². The first-order chi connectivity index (χ1) is 8.43. The van der Waals surface area contributed by atoms with Gasteiger partial charge in [0.05, 0.1) is 12.5 Å². The first kappa shape index (κ1) is 14.3. The van der Waals surface area contributed by atoms with Crippen LogP contribution in [-0.2, 0) is 16.0 Å². The van der Waals surface area contributed by atoms with Gasteiger partial charge >= 0.3 is 0 Å². The summed E-state index contributed by atoms with van der Waals surface area (Å²) < 4.78 is 25.6. The number of rotatable bonds is 5. The van der Waals surface area contributed by atoms with Crippen molar-refractivity contribution in [2.45, 2.75) is 32.7 Å². The van der Waals surface area contributed by atoms with E-state index in [1.807, 2.05) is 0 Å². The number of hydrogen-bond donors (Lipinski definition) is 1. The maximum absolute atomic E-state index is 12.9. The molecule has 18 heavy (non-hydrogen) atoms. The molecule has 0 aliphatic rings. The van der Waals surface area contributed by atoms with E-state index in [-0.39, 0.29) is 12.2 Å². The Bertz CT molecular complexity index is 460. The molecule has 0 fully saturated rings. The molecule has 0 aliphatic carbocycles. The van der Waals surface area contributed by atoms with Gasteiger partial charge in [-0.05, 0) is 24.6 Å². The minimum atomic E-state index is -0.988. The van der Waals surface area contributed by atoms with E-state index >= 15 is 0 Å². The Kier molecular flexibility index (Phi) is 4.95. The van der Waals surface area contributed by atoms with Crippen molar-refractivity contribution in [1.29, 1.82) is 0 Å². The summed E-state index contributed by atoms with van der Waals surface area (Å²) in [6.07, 6.45) is 0.255. The number of halogens is 2. The topological polar surface area (TPSA) is 46.2 Å². The summed E-state index contributed by atoms with van der Waals surface area (Å²) in [6.45, 7) is 3.30. The molecule has 1 amide bonds. The van der Waals surface area contributed by atoms with E-state index in [0.717, 1.165) is 12.1 Å². The number of amides is 1. The lowest BCUT2D eigenvalue weighted by atomic mass is 10.1. The Morgan fingerprint density at radius 1 is 1.28 bits per heavy atom. The zero-order chi connectivity index (χ0) is 13.7. The summed E-state index contributed by atoms with van der Waals surface area (Å²) in [4.78, 5) is 22.8. The molecule has 5 heteroatoms. The molecule has 1 aromatic rings. The molecule has 98 valence electrons. The van der Waals surface area contributed by atoms with E-state index in [4.69, 9.17) is 0 Å². The molecule has 0 saturated heterocycles. The van der Waals surface area contributed by atoms with Crippen molar-refractivity contribution in [2.24, 2.45) is 0 Å². The lowest BCUT2D eigenvalue weighted by Crippen LogP contribution is -2.39. The fourth-order valence-electron chi connectivity index (χ4n) is 1.51. The Morgan fingerprint density at radius 2 is 1.94 bits per heavy atom. The highest BCUT2D eigenvalue weighted by Gasteiger charge is 2.14. The molecule has 1 N–H and O–H groups in total. The van der Waals surface area contributed by atoms with Gasteiger partial charge in [-0.15, -0.1) is 0 Å². The zero-order valence-electron chi connectivity index (χ0n) is 10.3. The average molecular weight is 255 g/mol. The minimum Gasteiger partial charge on any atom is -0.346 e. The molecule has 0 spiro atoms.